The fourth-order valence-corrected chi connectivity index (χ4v) is 2.47. The molecular formula is C18H20F2N3O3+. The zero-order chi connectivity index (χ0) is 19.4. The summed E-state index contributed by atoms with van der Waals surface area (Å²) in [4.78, 5) is 22.8. The van der Waals surface area contributed by atoms with Crippen LogP contribution in [0.3, 0.4) is 0 Å². The van der Waals surface area contributed by atoms with E-state index in [1.807, 2.05) is 0 Å². The molecule has 0 radical (unpaired) electrons. The van der Waals surface area contributed by atoms with Crippen LogP contribution < -0.4 is 10.6 Å². The standard InChI is InChI=1S/C18H19F2N3O3/c1-10-6-16(17(23(25)26)7-11(10)2)22-18(24)9-21-12(3)13-4-5-14(19)15(20)8-13/h4-8,12,21H,9H2,1-3H3,(H,22,24)/p+1/t12-/m0/s1. The Morgan fingerprint density at radius 1 is 1.19 bits per heavy atom. The molecule has 3 N–H and O–H groups in total. The van der Waals surface area contributed by atoms with E-state index in [1.165, 1.54) is 12.1 Å². The lowest BCUT2D eigenvalue weighted by molar-refractivity contribution is -0.682. The van der Waals surface area contributed by atoms with Crippen LogP contribution in [0.25, 0.3) is 0 Å². The van der Waals surface area contributed by atoms with Gasteiger partial charge in [-0.3, -0.25) is 14.9 Å². The topological polar surface area (TPSA) is 88.8 Å². The van der Waals surface area contributed by atoms with E-state index in [-0.39, 0.29) is 24.0 Å². The molecule has 2 rings (SSSR count). The summed E-state index contributed by atoms with van der Waals surface area (Å²) in [6.07, 6.45) is 0. The number of quaternary nitrogens is 1. The lowest BCUT2D eigenvalue weighted by Crippen LogP contribution is -2.86. The molecule has 2 aromatic carbocycles. The van der Waals surface area contributed by atoms with Crippen LogP contribution in [-0.4, -0.2) is 17.4 Å². The van der Waals surface area contributed by atoms with Gasteiger partial charge < -0.3 is 10.6 Å². The molecule has 1 atom stereocenters. The summed E-state index contributed by atoms with van der Waals surface area (Å²) in [7, 11) is 0. The second-order valence-corrected chi connectivity index (χ2v) is 6.16. The van der Waals surface area contributed by atoms with Crippen molar-refractivity contribution in [1.29, 1.82) is 0 Å². The van der Waals surface area contributed by atoms with Gasteiger partial charge in [-0.2, -0.15) is 0 Å². The van der Waals surface area contributed by atoms with Gasteiger partial charge in [0.1, 0.15) is 11.7 Å². The highest BCUT2D eigenvalue weighted by molar-refractivity contribution is 5.93. The van der Waals surface area contributed by atoms with E-state index in [9.17, 15) is 23.7 Å². The molecule has 0 bridgehead atoms. The summed E-state index contributed by atoms with van der Waals surface area (Å²) in [6, 6.07) is 6.26. The summed E-state index contributed by atoms with van der Waals surface area (Å²) in [5.41, 5.74) is 2.08. The predicted octanol–water partition coefficient (Wildman–Crippen LogP) is 2.75. The van der Waals surface area contributed by atoms with Crippen molar-refractivity contribution < 1.29 is 23.8 Å². The molecule has 138 valence electrons. The molecule has 0 spiro atoms. The van der Waals surface area contributed by atoms with Gasteiger partial charge in [0, 0.05) is 11.6 Å². The summed E-state index contributed by atoms with van der Waals surface area (Å²) in [5, 5.41) is 15.3. The van der Waals surface area contributed by atoms with Crippen molar-refractivity contribution in [3.63, 3.8) is 0 Å². The van der Waals surface area contributed by atoms with Gasteiger partial charge in [-0.15, -0.1) is 0 Å². The highest BCUT2D eigenvalue weighted by Crippen LogP contribution is 2.27. The number of nitrogens with zero attached hydrogens (tertiary/aromatic N) is 1. The Morgan fingerprint density at radius 3 is 2.46 bits per heavy atom. The van der Waals surface area contributed by atoms with Gasteiger partial charge in [-0.25, -0.2) is 8.78 Å². The highest BCUT2D eigenvalue weighted by Gasteiger charge is 2.19. The molecule has 0 aliphatic heterocycles. The molecule has 6 nitrogen and oxygen atoms in total. The average molecular weight is 364 g/mol. The molecule has 0 aliphatic carbocycles. The first kappa shape index (κ1) is 19.5. The van der Waals surface area contributed by atoms with Crippen molar-refractivity contribution in [3.05, 3.63) is 68.8 Å². The van der Waals surface area contributed by atoms with E-state index in [1.54, 1.807) is 32.2 Å². The predicted molar refractivity (Wildman–Crippen MR) is 92.8 cm³/mol. The molecule has 2 aromatic rings. The largest absolute Gasteiger partial charge is 0.333 e. The van der Waals surface area contributed by atoms with Crippen molar-refractivity contribution in [3.8, 4) is 0 Å². The minimum Gasteiger partial charge on any atom is -0.333 e. The van der Waals surface area contributed by atoms with Crippen LogP contribution in [0, 0.1) is 35.6 Å². The van der Waals surface area contributed by atoms with Crippen LogP contribution in [0.2, 0.25) is 0 Å². The molecule has 0 heterocycles. The third kappa shape index (κ3) is 4.60. The first-order chi connectivity index (χ1) is 12.2. The maximum atomic E-state index is 13.3. The number of amides is 1. The average Bonchev–Trinajstić information content (AvgIpc) is 2.58. The second kappa shape index (κ2) is 8.01. The van der Waals surface area contributed by atoms with Crippen molar-refractivity contribution >= 4 is 17.3 Å². The molecule has 0 saturated heterocycles. The molecular weight excluding hydrogens is 344 g/mol. The number of nitrogens with two attached hydrogens (primary N) is 1. The minimum atomic E-state index is -0.946. The Labute approximate surface area is 149 Å². The fourth-order valence-electron chi connectivity index (χ4n) is 2.47. The minimum absolute atomic E-state index is 0.0236. The number of nitrogens with one attached hydrogen (secondary N) is 1. The summed E-state index contributed by atoms with van der Waals surface area (Å²) in [6.45, 7) is 5.28. The summed E-state index contributed by atoms with van der Waals surface area (Å²) < 4.78 is 26.3. The third-order valence-electron chi connectivity index (χ3n) is 4.21. The molecule has 0 aliphatic rings. The molecule has 0 unspecified atom stereocenters. The van der Waals surface area contributed by atoms with E-state index in [4.69, 9.17) is 0 Å². The van der Waals surface area contributed by atoms with Crippen molar-refractivity contribution in [2.24, 2.45) is 0 Å². The van der Waals surface area contributed by atoms with E-state index >= 15 is 0 Å². The first-order valence-electron chi connectivity index (χ1n) is 8.02. The zero-order valence-electron chi connectivity index (χ0n) is 14.7. The molecule has 1 amide bonds. The number of halogens is 2. The van der Waals surface area contributed by atoms with Gasteiger partial charge in [0.2, 0.25) is 0 Å². The number of hydrogen-bond acceptors (Lipinski definition) is 3. The van der Waals surface area contributed by atoms with Crippen LogP contribution in [0.15, 0.2) is 30.3 Å². The number of benzene rings is 2. The molecule has 0 aromatic heterocycles. The van der Waals surface area contributed by atoms with E-state index in [0.717, 1.165) is 23.3 Å². The highest BCUT2D eigenvalue weighted by atomic mass is 19.2. The molecule has 26 heavy (non-hydrogen) atoms. The normalized spacial score (nSPS) is 11.9. The number of rotatable bonds is 6. The number of anilines is 1. The van der Waals surface area contributed by atoms with E-state index in [2.05, 4.69) is 5.32 Å². The molecule has 0 fully saturated rings. The number of hydrogen-bond donors (Lipinski definition) is 2. The summed E-state index contributed by atoms with van der Waals surface area (Å²) in [5.74, 6) is -2.30. The fraction of sp³-hybridized carbons (Fsp3) is 0.278. The monoisotopic (exact) mass is 364 g/mol. The van der Waals surface area contributed by atoms with E-state index < -0.39 is 22.5 Å². The Hall–Kier alpha value is -2.87. The maximum Gasteiger partial charge on any atom is 0.293 e. The second-order valence-electron chi connectivity index (χ2n) is 6.16. The smallest absolute Gasteiger partial charge is 0.293 e. The lowest BCUT2D eigenvalue weighted by atomic mass is 10.1. The number of carbonyl (C=O) groups is 1. The van der Waals surface area contributed by atoms with Crippen LogP contribution in [0.1, 0.15) is 29.7 Å². The van der Waals surface area contributed by atoms with Crippen LogP contribution in [0.4, 0.5) is 20.2 Å². The van der Waals surface area contributed by atoms with Crippen molar-refractivity contribution in [1.82, 2.24) is 0 Å². The van der Waals surface area contributed by atoms with Crippen molar-refractivity contribution in [2.45, 2.75) is 26.8 Å². The van der Waals surface area contributed by atoms with Crippen LogP contribution in [0.5, 0.6) is 0 Å². The Bertz CT molecular complexity index is 856. The number of aryl methyl sites for hydroxylation is 2. The Balaban J connectivity index is 2.04. The number of nitro groups is 1. The lowest BCUT2D eigenvalue weighted by Gasteiger charge is -2.12. The van der Waals surface area contributed by atoms with Gasteiger partial charge in [-0.05, 0) is 56.2 Å². The van der Waals surface area contributed by atoms with Gasteiger partial charge in [-0.1, -0.05) is 0 Å². The van der Waals surface area contributed by atoms with Crippen LogP contribution >= 0.6 is 0 Å². The third-order valence-corrected chi connectivity index (χ3v) is 4.21. The quantitative estimate of drug-likeness (QED) is 0.610. The van der Waals surface area contributed by atoms with Gasteiger partial charge in [0.15, 0.2) is 18.2 Å². The Kier molecular flexibility index (Phi) is 5.99. The maximum absolute atomic E-state index is 13.3. The summed E-state index contributed by atoms with van der Waals surface area (Å²) >= 11 is 0. The van der Waals surface area contributed by atoms with Gasteiger partial charge in [0.05, 0.1) is 4.92 Å². The van der Waals surface area contributed by atoms with Crippen LogP contribution in [-0.2, 0) is 4.79 Å². The molecule has 0 saturated carbocycles. The number of carbonyl (C=O) groups excluding carboxylic acids is 1. The Morgan fingerprint density at radius 2 is 1.85 bits per heavy atom. The van der Waals surface area contributed by atoms with E-state index in [0.29, 0.717) is 5.56 Å². The first-order valence-corrected chi connectivity index (χ1v) is 8.02. The molecule has 8 heteroatoms. The zero-order valence-corrected chi connectivity index (χ0v) is 14.7. The van der Waals surface area contributed by atoms with Gasteiger partial charge >= 0.3 is 0 Å². The SMILES string of the molecule is Cc1cc(NC(=O)C[NH2+][C@@H](C)c2ccc(F)c(F)c2)c([N+](=O)[O-])cc1C. The number of nitro benzene ring substituents is 1. The van der Waals surface area contributed by atoms with Gasteiger partial charge in [0.25, 0.3) is 11.6 Å². The van der Waals surface area contributed by atoms with Crippen molar-refractivity contribution in [2.75, 3.05) is 11.9 Å².